The van der Waals surface area contributed by atoms with Crippen LogP contribution < -0.4 is 0 Å². The average molecular weight is 291 g/mol. The first-order valence-electron chi connectivity index (χ1n) is 3.25. The van der Waals surface area contributed by atoms with Gasteiger partial charge in [0.1, 0.15) is 5.69 Å². The molecule has 0 aromatic carbocycles. The summed E-state index contributed by atoms with van der Waals surface area (Å²) in [7, 11) is 0. The highest BCUT2D eigenvalue weighted by Gasteiger charge is 2.14. The molecule has 1 aromatic rings. The van der Waals surface area contributed by atoms with Crippen LogP contribution in [0.5, 0.6) is 0 Å². The van der Waals surface area contributed by atoms with E-state index >= 15 is 0 Å². The summed E-state index contributed by atoms with van der Waals surface area (Å²) in [6, 6.07) is 1.12. The van der Waals surface area contributed by atoms with Crippen molar-refractivity contribution in [1.29, 1.82) is 0 Å². The Balaban J connectivity index is 3.22. The second-order valence-electron chi connectivity index (χ2n) is 2.22. The first kappa shape index (κ1) is 11.1. The molecule has 0 atom stereocenters. The van der Waals surface area contributed by atoms with E-state index in [0.717, 1.165) is 6.07 Å². The molecule has 72 valence electrons. The molecule has 13 heavy (non-hydrogen) atoms. The van der Waals surface area contributed by atoms with E-state index in [1.54, 1.807) is 0 Å². The lowest BCUT2D eigenvalue weighted by atomic mass is 10.3. The minimum atomic E-state index is -2.63. The van der Waals surface area contributed by atoms with Crippen LogP contribution in [-0.4, -0.2) is 4.98 Å². The van der Waals surface area contributed by atoms with Crippen molar-refractivity contribution in [2.24, 2.45) is 0 Å². The Bertz CT molecular complexity index is 320. The molecule has 0 saturated heterocycles. The van der Waals surface area contributed by atoms with Crippen molar-refractivity contribution in [2.75, 3.05) is 0 Å². The Morgan fingerprint density at radius 3 is 2.62 bits per heavy atom. The molecular weight excluding hydrogens is 287 g/mol. The quantitative estimate of drug-likeness (QED) is 0.745. The second-order valence-corrected chi connectivity index (χ2v) is 3.69. The third kappa shape index (κ3) is 2.51. The normalized spacial score (nSPS) is 10.9. The van der Waals surface area contributed by atoms with Crippen molar-refractivity contribution < 1.29 is 8.78 Å². The summed E-state index contributed by atoms with van der Waals surface area (Å²) in [6.45, 7) is 0. The van der Waals surface area contributed by atoms with Gasteiger partial charge in [-0.05, 0) is 22.0 Å². The monoisotopic (exact) mass is 289 g/mol. The van der Waals surface area contributed by atoms with E-state index in [1.807, 2.05) is 0 Å². The van der Waals surface area contributed by atoms with Crippen LogP contribution in [0.2, 0.25) is 5.02 Å². The molecule has 0 fully saturated rings. The standard InChI is InChI=1S/C7H4BrCl2F2N/c8-6-3(10)1-4(7(11)12)13-5(6)2-9/h1,7H,2H2. The highest BCUT2D eigenvalue weighted by Crippen LogP contribution is 2.30. The molecule has 0 saturated carbocycles. The Morgan fingerprint density at radius 1 is 1.54 bits per heavy atom. The Hall–Kier alpha value is 0.0700. The van der Waals surface area contributed by atoms with E-state index in [-0.39, 0.29) is 16.6 Å². The van der Waals surface area contributed by atoms with Crippen molar-refractivity contribution in [1.82, 2.24) is 4.98 Å². The van der Waals surface area contributed by atoms with Gasteiger partial charge in [-0.1, -0.05) is 11.6 Å². The second kappa shape index (κ2) is 4.53. The molecule has 1 nitrogen and oxygen atoms in total. The minimum absolute atomic E-state index is 0.0425. The summed E-state index contributed by atoms with van der Waals surface area (Å²) in [5.41, 5.74) is -0.0340. The maximum Gasteiger partial charge on any atom is 0.280 e. The SMILES string of the molecule is FC(F)c1cc(Cl)c(Br)c(CCl)n1. The zero-order chi connectivity index (χ0) is 10.0. The smallest absolute Gasteiger partial charge is 0.249 e. The molecule has 0 unspecified atom stereocenters. The summed E-state index contributed by atoms with van der Waals surface area (Å²) >= 11 is 14.2. The van der Waals surface area contributed by atoms with Gasteiger partial charge < -0.3 is 0 Å². The molecule has 1 aromatic heterocycles. The van der Waals surface area contributed by atoms with Gasteiger partial charge in [0.05, 0.1) is 21.1 Å². The number of pyridine rings is 1. The molecule has 0 bridgehead atoms. The highest BCUT2D eigenvalue weighted by molar-refractivity contribution is 9.10. The number of nitrogens with zero attached hydrogens (tertiary/aromatic N) is 1. The maximum absolute atomic E-state index is 12.2. The van der Waals surface area contributed by atoms with E-state index < -0.39 is 6.43 Å². The number of aromatic nitrogens is 1. The highest BCUT2D eigenvalue weighted by atomic mass is 79.9. The molecular formula is C7H4BrCl2F2N. The lowest BCUT2D eigenvalue weighted by molar-refractivity contribution is 0.146. The summed E-state index contributed by atoms with van der Waals surface area (Å²) in [5, 5.41) is 0.195. The Morgan fingerprint density at radius 2 is 2.15 bits per heavy atom. The van der Waals surface area contributed by atoms with Gasteiger partial charge in [0, 0.05) is 0 Å². The molecule has 1 rings (SSSR count). The van der Waals surface area contributed by atoms with Crippen LogP contribution in [-0.2, 0) is 5.88 Å². The topological polar surface area (TPSA) is 12.9 Å². The fourth-order valence-electron chi connectivity index (χ4n) is 0.769. The number of hydrogen-bond acceptors (Lipinski definition) is 1. The molecule has 0 aliphatic carbocycles. The van der Waals surface area contributed by atoms with Gasteiger partial charge in [-0.25, -0.2) is 13.8 Å². The minimum Gasteiger partial charge on any atom is -0.249 e. The van der Waals surface area contributed by atoms with Crippen LogP contribution in [0.3, 0.4) is 0 Å². The Kier molecular flexibility index (Phi) is 3.88. The lowest BCUT2D eigenvalue weighted by Crippen LogP contribution is -1.96. The van der Waals surface area contributed by atoms with Crippen molar-refractivity contribution in [3.63, 3.8) is 0 Å². The molecule has 1 heterocycles. The third-order valence-corrected chi connectivity index (χ3v) is 3.02. The summed E-state index contributed by atoms with van der Waals surface area (Å²) < 4.78 is 24.9. The van der Waals surface area contributed by atoms with Gasteiger partial charge in [-0.15, -0.1) is 11.6 Å². The van der Waals surface area contributed by atoms with Crippen LogP contribution >= 0.6 is 39.1 Å². The summed E-state index contributed by atoms with van der Waals surface area (Å²) in [6.07, 6.45) is -2.63. The predicted octanol–water partition coefficient (Wildman–Crippen LogP) is 4.17. The van der Waals surface area contributed by atoms with E-state index in [0.29, 0.717) is 10.2 Å². The first-order chi connectivity index (χ1) is 6.06. The van der Waals surface area contributed by atoms with Gasteiger partial charge >= 0.3 is 0 Å². The van der Waals surface area contributed by atoms with Crippen molar-refractivity contribution >= 4 is 39.1 Å². The number of halogens is 5. The van der Waals surface area contributed by atoms with Crippen LogP contribution in [0, 0.1) is 0 Å². The van der Waals surface area contributed by atoms with E-state index in [4.69, 9.17) is 23.2 Å². The molecule has 0 amide bonds. The molecule has 0 N–H and O–H groups in total. The first-order valence-corrected chi connectivity index (χ1v) is 4.95. The lowest BCUT2D eigenvalue weighted by Gasteiger charge is -2.05. The largest absolute Gasteiger partial charge is 0.280 e. The van der Waals surface area contributed by atoms with Crippen LogP contribution in [0.4, 0.5) is 8.78 Å². The molecule has 0 spiro atoms. The average Bonchev–Trinajstić information content (AvgIpc) is 2.09. The van der Waals surface area contributed by atoms with Gasteiger partial charge in [-0.2, -0.15) is 0 Å². The van der Waals surface area contributed by atoms with E-state index in [2.05, 4.69) is 20.9 Å². The Labute approximate surface area is 92.2 Å². The van der Waals surface area contributed by atoms with Crippen LogP contribution in [0.15, 0.2) is 10.5 Å². The zero-order valence-electron chi connectivity index (χ0n) is 6.20. The third-order valence-electron chi connectivity index (χ3n) is 1.35. The molecule has 0 aliphatic heterocycles. The van der Waals surface area contributed by atoms with Crippen LogP contribution in [0.1, 0.15) is 17.8 Å². The van der Waals surface area contributed by atoms with Gasteiger partial charge in [0.25, 0.3) is 6.43 Å². The van der Waals surface area contributed by atoms with Crippen LogP contribution in [0.25, 0.3) is 0 Å². The molecule has 6 heteroatoms. The summed E-state index contributed by atoms with van der Waals surface area (Å²) in [5.74, 6) is 0.0425. The summed E-state index contributed by atoms with van der Waals surface area (Å²) in [4.78, 5) is 3.64. The van der Waals surface area contributed by atoms with Gasteiger partial charge in [-0.3, -0.25) is 0 Å². The fourth-order valence-corrected chi connectivity index (χ4v) is 1.69. The van der Waals surface area contributed by atoms with Crippen molar-refractivity contribution in [3.05, 3.63) is 26.9 Å². The van der Waals surface area contributed by atoms with E-state index in [9.17, 15) is 8.78 Å². The maximum atomic E-state index is 12.2. The molecule has 0 radical (unpaired) electrons. The number of rotatable bonds is 2. The van der Waals surface area contributed by atoms with E-state index in [1.165, 1.54) is 0 Å². The van der Waals surface area contributed by atoms with Crippen molar-refractivity contribution in [3.8, 4) is 0 Å². The predicted molar refractivity (Wildman–Crippen MR) is 51.5 cm³/mol. The van der Waals surface area contributed by atoms with Gasteiger partial charge in [0.15, 0.2) is 0 Å². The molecule has 0 aliphatic rings. The zero-order valence-corrected chi connectivity index (χ0v) is 9.30. The fraction of sp³-hybridized carbons (Fsp3) is 0.286. The van der Waals surface area contributed by atoms with Gasteiger partial charge in [0.2, 0.25) is 0 Å². The van der Waals surface area contributed by atoms with Crippen molar-refractivity contribution in [2.45, 2.75) is 12.3 Å². The number of hydrogen-bond donors (Lipinski definition) is 0. The number of alkyl halides is 3.